The average molecular weight is 271 g/mol. The Morgan fingerprint density at radius 3 is 2.39 bits per heavy atom. The fraction of sp³-hybridized carbons (Fsp3) is 0.500. The maximum absolute atomic E-state index is 11.6. The van der Waals surface area contributed by atoms with Crippen molar-refractivity contribution in [1.82, 2.24) is 0 Å². The van der Waals surface area contributed by atoms with Gasteiger partial charge in [-0.2, -0.15) is 0 Å². The molecule has 0 fully saturated rings. The molecule has 1 rings (SSSR count). The van der Waals surface area contributed by atoms with Crippen LogP contribution in [0, 0.1) is 0 Å². The van der Waals surface area contributed by atoms with Gasteiger partial charge < -0.3 is 10.6 Å². The van der Waals surface area contributed by atoms with Crippen LogP contribution in [0.5, 0.6) is 0 Å². The van der Waals surface area contributed by atoms with Crippen LogP contribution in [-0.4, -0.2) is 21.0 Å². The van der Waals surface area contributed by atoms with E-state index in [-0.39, 0.29) is 10.9 Å². The summed E-state index contributed by atoms with van der Waals surface area (Å²) in [5.41, 5.74) is 6.64. The SMILES string of the molecule is CCC(C)N(CC)c1ccc(N)cc1S(N)(=O)=O. The van der Waals surface area contributed by atoms with E-state index in [0.29, 0.717) is 17.9 Å². The van der Waals surface area contributed by atoms with Gasteiger partial charge in [0.25, 0.3) is 0 Å². The minimum atomic E-state index is -3.77. The summed E-state index contributed by atoms with van der Waals surface area (Å²) in [6.45, 7) is 6.80. The molecule has 0 amide bonds. The summed E-state index contributed by atoms with van der Waals surface area (Å²) < 4.78 is 23.3. The highest BCUT2D eigenvalue weighted by Crippen LogP contribution is 2.28. The zero-order valence-electron chi connectivity index (χ0n) is 11.1. The molecule has 6 heteroatoms. The number of sulfonamides is 1. The van der Waals surface area contributed by atoms with Gasteiger partial charge in [-0.25, -0.2) is 13.6 Å². The van der Waals surface area contributed by atoms with Crippen LogP contribution in [-0.2, 0) is 10.0 Å². The van der Waals surface area contributed by atoms with Crippen LogP contribution in [0.2, 0.25) is 0 Å². The highest BCUT2D eigenvalue weighted by atomic mass is 32.2. The van der Waals surface area contributed by atoms with E-state index >= 15 is 0 Å². The molecule has 0 radical (unpaired) electrons. The molecular weight excluding hydrogens is 250 g/mol. The van der Waals surface area contributed by atoms with E-state index in [2.05, 4.69) is 6.92 Å². The van der Waals surface area contributed by atoms with E-state index in [9.17, 15) is 8.42 Å². The molecule has 1 atom stereocenters. The number of nitrogen functional groups attached to an aromatic ring is 1. The Labute approximate surface area is 109 Å². The van der Waals surface area contributed by atoms with Crippen molar-refractivity contribution in [2.75, 3.05) is 17.2 Å². The Morgan fingerprint density at radius 2 is 1.94 bits per heavy atom. The number of hydrogen-bond donors (Lipinski definition) is 2. The molecule has 0 saturated carbocycles. The minimum absolute atomic E-state index is 0.0876. The Hall–Kier alpha value is -1.27. The lowest BCUT2D eigenvalue weighted by Gasteiger charge is -2.31. The van der Waals surface area contributed by atoms with Crippen LogP contribution in [0.15, 0.2) is 23.1 Å². The standard InChI is InChI=1S/C12H21N3O2S/c1-4-9(3)15(5-2)11-7-6-10(13)8-12(11)18(14,16)17/h6-9H,4-5,13H2,1-3H3,(H2,14,16,17). The number of benzene rings is 1. The number of nitrogens with zero attached hydrogens (tertiary/aromatic N) is 1. The number of nitrogens with two attached hydrogens (primary N) is 2. The van der Waals surface area contributed by atoms with Crippen LogP contribution < -0.4 is 15.8 Å². The van der Waals surface area contributed by atoms with Crippen molar-refractivity contribution in [3.63, 3.8) is 0 Å². The molecule has 18 heavy (non-hydrogen) atoms. The second kappa shape index (κ2) is 5.58. The Balaban J connectivity index is 3.39. The van der Waals surface area contributed by atoms with E-state index in [0.717, 1.165) is 6.42 Å². The molecule has 1 aromatic rings. The molecule has 102 valence electrons. The third kappa shape index (κ3) is 3.14. The molecule has 0 spiro atoms. The normalized spacial score (nSPS) is 13.3. The summed E-state index contributed by atoms with van der Waals surface area (Å²) in [6, 6.07) is 5.05. The van der Waals surface area contributed by atoms with Gasteiger partial charge >= 0.3 is 0 Å². The summed E-state index contributed by atoms with van der Waals surface area (Å²) in [7, 11) is -3.77. The van der Waals surface area contributed by atoms with Gasteiger partial charge in [0.1, 0.15) is 4.90 Å². The lowest BCUT2D eigenvalue weighted by molar-refractivity contribution is 0.593. The van der Waals surface area contributed by atoms with E-state index in [1.54, 1.807) is 12.1 Å². The largest absolute Gasteiger partial charge is 0.399 e. The zero-order chi connectivity index (χ0) is 13.9. The predicted molar refractivity (Wildman–Crippen MR) is 75.0 cm³/mol. The first-order valence-corrected chi connectivity index (χ1v) is 7.54. The van der Waals surface area contributed by atoms with Gasteiger partial charge in [0.2, 0.25) is 10.0 Å². The van der Waals surface area contributed by atoms with Crippen LogP contribution in [0.4, 0.5) is 11.4 Å². The summed E-state index contributed by atoms with van der Waals surface area (Å²) >= 11 is 0. The minimum Gasteiger partial charge on any atom is -0.399 e. The first-order chi connectivity index (χ1) is 8.31. The summed E-state index contributed by atoms with van der Waals surface area (Å²) in [4.78, 5) is 2.10. The lowest BCUT2D eigenvalue weighted by Crippen LogP contribution is -2.34. The predicted octanol–water partition coefficient (Wildman–Crippen LogP) is 1.54. The fourth-order valence-corrected chi connectivity index (χ4v) is 2.71. The number of hydrogen-bond acceptors (Lipinski definition) is 4. The highest BCUT2D eigenvalue weighted by molar-refractivity contribution is 7.89. The summed E-state index contributed by atoms with van der Waals surface area (Å²) in [5, 5.41) is 5.25. The third-order valence-electron chi connectivity index (χ3n) is 3.06. The number of primary sulfonamides is 1. The molecule has 0 aromatic heterocycles. The first-order valence-electron chi connectivity index (χ1n) is 6.00. The topological polar surface area (TPSA) is 89.4 Å². The van der Waals surface area contributed by atoms with Gasteiger partial charge in [0.05, 0.1) is 5.69 Å². The van der Waals surface area contributed by atoms with Crippen LogP contribution >= 0.6 is 0 Å². The van der Waals surface area contributed by atoms with Crippen molar-refractivity contribution in [3.8, 4) is 0 Å². The van der Waals surface area contributed by atoms with Gasteiger partial charge in [-0.1, -0.05) is 6.92 Å². The van der Waals surface area contributed by atoms with Crippen molar-refractivity contribution in [2.45, 2.75) is 38.1 Å². The van der Waals surface area contributed by atoms with E-state index < -0.39 is 10.0 Å². The van der Waals surface area contributed by atoms with Gasteiger partial charge in [0, 0.05) is 18.3 Å². The van der Waals surface area contributed by atoms with Crippen molar-refractivity contribution < 1.29 is 8.42 Å². The maximum atomic E-state index is 11.6. The molecule has 0 heterocycles. The maximum Gasteiger partial charge on any atom is 0.240 e. The van der Waals surface area contributed by atoms with Crippen molar-refractivity contribution in [2.24, 2.45) is 5.14 Å². The second-order valence-electron chi connectivity index (χ2n) is 4.32. The fourth-order valence-electron chi connectivity index (χ4n) is 1.94. The molecule has 5 nitrogen and oxygen atoms in total. The quantitative estimate of drug-likeness (QED) is 0.795. The number of rotatable bonds is 5. The average Bonchev–Trinajstić information content (AvgIpc) is 2.30. The van der Waals surface area contributed by atoms with Gasteiger partial charge in [-0.3, -0.25) is 0 Å². The molecule has 0 aliphatic carbocycles. The zero-order valence-corrected chi connectivity index (χ0v) is 11.9. The molecule has 1 unspecified atom stereocenters. The monoisotopic (exact) mass is 271 g/mol. The van der Waals surface area contributed by atoms with E-state index in [1.807, 2.05) is 18.7 Å². The number of anilines is 2. The second-order valence-corrected chi connectivity index (χ2v) is 5.85. The van der Waals surface area contributed by atoms with Crippen LogP contribution in [0.25, 0.3) is 0 Å². The smallest absolute Gasteiger partial charge is 0.240 e. The molecule has 1 aromatic carbocycles. The van der Waals surface area contributed by atoms with Crippen LogP contribution in [0.1, 0.15) is 27.2 Å². The molecule has 0 aliphatic heterocycles. The van der Waals surface area contributed by atoms with Gasteiger partial charge in [-0.05, 0) is 38.5 Å². The molecule has 0 aliphatic rings. The van der Waals surface area contributed by atoms with Crippen molar-refractivity contribution in [1.29, 1.82) is 0 Å². The van der Waals surface area contributed by atoms with E-state index in [1.165, 1.54) is 6.07 Å². The van der Waals surface area contributed by atoms with Crippen molar-refractivity contribution in [3.05, 3.63) is 18.2 Å². The van der Waals surface area contributed by atoms with Gasteiger partial charge in [-0.15, -0.1) is 0 Å². The molecule has 4 N–H and O–H groups in total. The van der Waals surface area contributed by atoms with Crippen molar-refractivity contribution >= 4 is 21.4 Å². The summed E-state index contributed by atoms with van der Waals surface area (Å²) in [6.07, 6.45) is 0.919. The highest BCUT2D eigenvalue weighted by Gasteiger charge is 2.20. The molecular formula is C12H21N3O2S. The van der Waals surface area contributed by atoms with Crippen LogP contribution in [0.3, 0.4) is 0 Å². The van der Waals surface area contributed by atoms with E-state index in [4.69, 9.17) is 10.9 Å². The third-order valence-corrected chi connectivity index (χ3v) is 4.00. The molecule has 0 saturated heterocycles. The van der Waals surface area contributed by atoms with Gasteiger partial charge in [0.15, 0.2) is 0 Å². The Morgan fingerprint density at radius 1 is 1.33 bits per heavy atom. The Bertz CT molecular complexity index is 514. The molecule has 0 bridgehead atoms. The Kier molecular flexibility index (Phi) is 4.59. The first kappa shape index (κ1) is 14.8. The summed E-state index contributed by atoms with van der Waals surface area (Å²) in [5.74, 6) is 0. The lowest BCUT2D eigenvalue weighted by atomic mass is 10.2.